The second kappa shape index (κ2) is 4.72. The molecule has 15 heavy (non-hydrogen) atoms. The van der Waals surface area contributed by atoms with Gasteiger partial charge in [-0.25, -0.2) is 18.6 Å². The Morgan fingerprint density at radius 1 is 1.53 bits per heavy atom. The number of rotatable bonds is 2. The van der Waals surface area contributed by atoms with E-state index in [2.05, 4.69) is 9.72 Å². The van der Waals surface area contributed by atoms with Gasteiger partial charge < -0.3 is 4.74 Å². The summed E-state index contributed by atoms with van der Waals surface area (Å²) in [6.45, 7) is 0. The van der Waals surface area contributed by atoms with Crippen LogP contribution in [0.15, 0.2) is 6.07 Å². The van der Waals surface area contributed by atoms with Crippen LogP contribution in [0.1, 0.15) is 22.5 Å². The average Bonchev–Trinajstić information content (AvgIpc) is 2.20. The zero-order chi connectivity index (χ0) is 11.6. The highest BCUT2D eigenvalue weighted by molar-refractivity contribution is 6.41. The Morgan fingerprint density at radius 3 is 2.60 bits per heavy atom. The second-order valence-electron chi connectivity index (χ2n) is 2.49. The Bertz CT molecular complexity index is 398. The number of aromatic nitrogens is 1. The number of esters is 1. The monoisotopic (exact) mass is 255 g/mol. The molecule has 0 saturated carbocycles. The Kier molecular flexibility index (Phi) is 3.82. The van der Waals surface area contributed by atoms with Crippen LogP contribution >= 0.6 is 23.2 Å². The Balaban J connectivity index is 3.34. The normalized spacial score (nSPS) is 10.5. The van der Waals surface area contributed by atoms with Crippen LogP contribution in [0.25, 0.3) is 0 Å². The van der Waals surface area contributed by atoms with Gasteiger partial charge in [-0.3, -0.25) is 0 Å². The Labute approximate surface area is 94.0 Å². The molecule has 0 aliphatic heterocycles. The van der Waals surface area contributed by atoms with Crippen molar-refractivity contribution in [1.29, 1.82) is 0 Å². The third-order valence-electron chi connectivity index (χ3n) is 1.58. The number of carbonyl (C=O) groups excluding carboxylic acids is 1. The van der Waals surface area contributed by atoms with Crippen molar-refractivity contribution in [3.05, 3.63) is 27.5 Å². The summed E-state index contributed by atoms with van der Waals surface area (Å²) in [5.74, 6) is -0.983. The molecule has 1 rings (SSSR count). The van der Waals surface area contributed by atoms with E-state index in [9.17, 15) is 13.6 Å². The largest absolute Gasteiger partial charge is 0.464 e. The minimum absolute atomic E-state index is 0.139. The van der Waals surface area contributed by atoms with Gasteiger partial charge in [-0.2, -0.15) is 0 Å². The van der Waals surface area contributed by atoms with Crippen LogP contribution in [0.4, 0.5) is 8.78 Å². The van der Waals surface area contributed by atoms with Crippen molar-refractivity contribution in [3.63, 3.8) is 0 Å². The van der Waals surface area contributed by atoms with Gasteiger partial charge >= 0.3 is 5.97 Å². The summed E-state index contributed by atoms with van der Waals surface area (Å²) in [7, 11) is 1.06. The maximum Gasteiger partial charge on any atom is 0.357 e. The maximum absolute atomic E-state index is 12.5. The first kappa shape index (κ1) is 12.1. The number of pyridine rings is 1. The average molecular weight is 256 g/mol. The molecule has 0 radical (unpaired) electrons. The molecule has 0 N–H and O–H groups in total. The van der Waals surface area contributed by atoms with E-state index in [1.807, 2.05) is 0 Å². The van der Waals surface area contributed by atoms with Crippen molar-refractivity contribution >= 4 is 29.2 Å². The maximum atomic E-state index is 12.5. The van der Waals surface area contributed by atoms with Crippen LogP contribution in [0, 0.1) is 0 Å². The molecule has 0 fully saturated rings. The molecule has 0 amide bonds. The topological polar surface area (TPSA) is 39.2 Å². The molecule has 0 aromatic carbocycles. The van der Waals surface area contributed by atoms with Gasteiger partial charge in [0.1, 0.15) is 5.15 Å². The first-order valence-corrected chi connectivity index (χ1v) is 4.45. The van der Waals surface area contributed by atoms with E-state index >= 15 is 0 Å². The van der Waals surface area contributed by atoms with Crippen LogP contribution in [-0.4, -0.2) is 18.1 Å². The van der Waals surface area contributed by atoms with E-state index in [1.165, 1.54) is 0 Å². The predicted molar refractivity (Wildman–Crippen MR) is 50.6 cm³/mol. The summed E-state index contributed by atoms with van der Waals surface area (Å²) < 4.78 is 29.3. The van der Waals surface area contributed by atoms with E-state index in [1.54, 1.807) is 0 Å². The quantitative estimate of drug-likeness (QED) is 0.602. The fourth-order valence-electron chi connectivity index (χ4n) is 0.907. The minimum Gasteiger partial charge on any atom is -0.464 e. The number of halogens is 4. The van der Waals surface area contributed by atoms with Gasteiger partial charge in [-0.05, 0) is 6.07 Å². The molecule has 3 nitrogen and oxygen atoms in total. The van der Waals surface area contributed by atoms with Crippen LogP contribution in [0.3, 0.4) is 0 Å². The molecule has 0 atom stereocenters. The van der Waals surface area contributed by atoms with E-state index in [0.717, 1.165) is 13.2 Å². The summed E-state index contributed by atoms with van der Waals surface area (Å²) in [5.41, 5.74) is -1.13. The smallest absolute Gasteiger partial charge is 0.357 e. The SMILES string of the molecule is COC(=O)c1nc(Cl)c(Cl)cc1C(F)F. The molecule has 7 heteroatoms. The summed E-state index contributed by atoms with van der Waals surface area (Å²) in [5, 5.41) is -0.360. The lowest BCUT2D eigenvalue weighted by atomic mass is 10.2. The number of alkyl halides is 2. The fraction of sp³-hybridized carbons (Fsp3) is 0.250. The van der Waals surface area contributed by atoms with Gasteiger partial charge in [-0.1, -0.05) is 23.2 Å². The van der Waals surface area contributed by atoms with Gasteiger partial charge in [0, 0.05) is 0 Å². The highest BCUT2D eigenvalue weighted by Crippen LogP contribution is 2.29. The predicted octanol–water partition coefficient (Wildman–Crippen LogP) is 3.11. The van der Waals surface area contributed by atoms with Crippen LogP contribution in [0.5, 0.6) is 0 Å². The molecule has 0 unspecified atom stereocenters. The fourth-order valence-corrected chi connectivity index (χ4v) is 1.21. The molecule has 0 spiro atoms. The minimum atomic E-state index is -2.87. The number of hydrogen-bond donors (Lipinski definition) is 0. The molecule has 0 saturated heterocycles. The van der Waals surface area contributed by atoms with Crippen molar-refractivity contribution < 1.29 is 18.3 Å². The van der Waals surface area contributed by atoms with Crippen molar-refractivity contribution in [3.8, 4) is 0 Å². The summed E-state index contributed by atoms with van der Waals surface area (Å²) >= 11 is 11.0. The third-order valence-corrected chi connectivity index (χ3v) is 2.25. The molecule has 0 aliphatic carbocycles. The summed E-state index contributed by atoms with van der Waals surface area (Å²) in [4.78, 5) is 14.5. The van der Waals surface area contributed by atoms with Gasteiger partial charge in [-0.15, -0.1) is 0 Å². The van der Waals surface area contributed by atoms with Crippen molar-refractivity contribution in [1.82, 2.24) is 4.98 Å². The molecular weight excluding hydrogens is 251 g/mol. The van der Waals surface area contributed by atoms with E-state index in [4.69, 9.17) is 23.2 Å². The highest BCUT2D eigenvalue weighted by Gasteiger charge is 2.22. The van der Waals surface area contributed by atoms with Gasteiger partial charge in [0.2, 0.25) is 0 Å². The van der Waals surface area contributed by atoms with Crippen LogP contribution < -0.4 is 0 Å². The highest BCUT2D eigenvalue weighted by atomic mass is 35.5. The van der Waals surface area contributed by atoms with Crippen molar-refractivity contribution in [2.45, 2.75) is 6.43 Å². The zero-order valence-corrected chi connectivity index (χ0v) is 8.94. The molecule has 1 heterocycles. The lowest BCUT2D eigenvalue weighted by Crippen LogP contribution is -2.09. The summed E-state index contributed by atoms with van der Waals surface area (Å²) in [6, 6.07) is 0.897. The van der Waals surface area contributed by atoms with Gasteiger partial charge in [0.15, 0.2) is 5.69 Å². The molecule has 82 valence electrons. The van der Waals surface area contributed by atoms with E-state index in [-0.39, 0.29) is 10.2 Å². The Morgan fingerprint density at radius 2 is 2.13 bits per heavy atom. The van der Waals surface area contributed by atoms with E-state index in [0.29, 0.717) is 0 Å². The summed E-state index contributed by atoms with van der Waals surface area (Å²) in [6.07, 6.45) is -2.87. The number of carbonyl (C=O) groups is 1. The molecule has 1 aromatic rings. The molecule has 0 bridgehead atoms. The molecular formula is C8H5Cl2F2NO2. The van der Waals surface area contributed by atoms with Gasteiger partial charge in [0.25, 0.3) is 6.43 Å². The first-order valence-electron chi connectivity index (χ1n) is 3.69. The van der Waals surface area contributed by atoms with Gasteiger partial charge in [0.05, 0.1) is 17.7 Å². The van der Waals surface area contributed by atoms with Crippen molar-refractivity contribution in [2.75, 3.05) is 7.11 Å². The molecule has 1 aromatic heterocycles. The number of hydrogen-bond acceptors (Lipinski definition) is 3. The lowest BCUT2D eigenvalue weighted by molar-refractivity contribution is 0.0581. The number of methoxy groups -OCH3 is 1. The number of nitrogens with zero attached hydrogens (tertiary/aromatic N) is 1. The molecule has 0 aliphatic rings. The third kappa shape index (κ3) is 2.54. The lowest BCUT2D eigenvalue weighted by Gasteiger charge is -2.07. The first-order chi connectivity index (χ1) is 6.97. The van der Waals surface area contributed by atoms with Crippen LogP contribution in [-0.2, 0) is 4.74 Å². The zero-order valence-electron chi connectivity index (χ0n) is 7.43. The second-order valence-corrected chi connectivity index (χ2v) is 3.26. The standard InChI is InChI=1S/C8H5Cl2F2NO2/c1-15-8(14)5-3(7(11)12)2-4(9)6(10)13-5/h2,7H,1H3. The Hall–Kier alpha value is -0.940. The number of ether oxygens (including phenoxy) is 1. The van der Waals surface area contributed by atoms with Crippen molar-refractivity contribution in [2.24, 2.45) is 0 Å². The van der Waals surface area contributed by atoms with Crippen LogP contribution in [0.2, 0.25) is 10.2 Å². The van der Waals surface area contributed by atoms with E-state index < -0.39 is 23.7 Å².